The SMILES string of the molecule is CCOC(=O)C1CSCCN1C(=O)c1ccc([N+](=O)[O-])cc1Cl. The lowest BCUT2D eigenvalue weighted by Crippen LogP contribution is -2.51. The second-order valence-electron chi connectivity index (χ2n) is 4.76. The molecule has 1 aliphatic rings. The summed E-state index contributed by atoms with van der Waals surface area (Å²) in [6, 6.07) is 2.99. The number of benzene rings is 1. The van der Waals surface area contributed by atoms with Gasteiger partial charge in [-0.05, 0) is 13.0 Å². The van der Waals surface area contributed by atoms with Crippen molar-refractivity contribution < 1.29 is 19.2 Å². The zero-order valence-electron chi connectivity index (χ0n) is 12.4. The number of amides is 1. The lowest BCUT2D eigenvalue weighted by Gasteiger charge is -2.33. The van der Waals surface area contributed by atoms with Crippen molar-refractivity contribution in [2.24, 2.45) is 0 Å². The van der Waals surface area contributed by atoms with Gasteiger partial charge in [0.15, 0.2) is 0 Å². The van der Waals surface area contributed by atoms with Gasteiger partial charge in [-0.2, -0.15) is 11.8 Å². The minimum Gasteiger partial charge on any atom is -0.464 e. The molecule has 0 N–H and O–H groups in total. The van der Waals surface area contributed by atoms with Crippen LogP contribution in [0.4, 0.5) is 5.69 Å². The number of thioether (sulfide) groups is 1. The number of nitrogens with zero attached hydrogens (tertiary/aromatic N) is 2. The summed E-state index contributed by atoms with van der Waals surface area (Å²) >= 11 is 7.57. The van der Waals surface area contributed by atoms with Gasteiger partial charge in [0.25, 0.3) is 11.6 Å². The molecule has 1 fully saturated rings. The van der Waals surface area contributed by atoms with Gasteiger partial charge in [-0.1, -0.05) is 11.6 Å². The molecule has 124 valence electrons. The van der Waals surface area contributed by atoms with Crippen LogP contribution in [0.2, 0.25) is 5.02 Å². The van der Waals surface area contributed by atoms with Crippen molar-refractivity contribution in [2.75, 3.05) is 24.7 Å². The highest BCUT2D eigenvalue weighted by Gasteiger charge is 2.34. The Morgan fingerprint density at radius 1 is 1.52 bits per heavy atom. The second kappa shape index (κ2) is 7.65. The zero-order valence-corrected chi connectivity index (χ0v) is 13.9. The highest BCUT2D eigenvalue weighted by atomic mass is 35.5. The van der Waals surface area contributed by atoms with Crippen molar-refractivity contribution in [3.05, 3.63) is 38.9 Å². The number of nitro groups is 1. The quantitative estimate of drug-likeness (QED) is 0.466. The number of esters is 1. The van der Waals surface area contributed by atoms with E-state index >= 15 is 0 Å². The molecule has 9 heteroatoms. The van der Waals surface area contributed by atoms with Crippen molar-refractivity contribution in [2.45, 2.75) is 13.0 Å². The van der Waals surface area contributed by atoms with Crippen LogP contribution < -0.4 is 0 Å². The Bertz CT molecular complexity index is 640. The predicted molar refractivity (Wildman–Crippen MR) is 86.9 cm³/mol. The number of hydrogen-bond donors (Lipinski definition) is 0. The molecule has 0 spiro atoms. The fourth-order valence-electron chi connectivity index (χ4n) is 2.23. The number of non-ortho nitro benzene ring substituents is 1. The molecule has 0 radical (unpaired) electrons. The molecule has 1 unspecified atom stereocenters. The van der Waals surface area contributed by atoms with Gasteiger partial charge in [-0.15, -0.1) is 0 Å². The molecule has 0 aliphatic carbocycles. The van der Waals surface area contributed by atoms with E-state index in [-0.39, 0.29) is 22.9 Å². The molecule has 1 aromatic rings. The third-order valence-electron chi connectivity index (χ3n) is 3.34. The lowest BCUT2D eigenvalue weighted by molar-refractivity contribution is -0.384. The zero-order chi connectivity index (χ0) is 17.0. The summed E-state index contributed by atoms with van der Waals surface area (Å²) in [5.74, 6) is 0.274. The monoisotopic (exact) mass is 358 g/mol. The van der Waals surface area contributed by atoms with Crippen LogP contribution in [-0.2, 0) is 9.53 Å². The van der Waals surface area contributed by atoms with E-state index in [1.807, 2.05) is 0 Å². The molecule has 1 atom stereocenters. The van der Waals surface area contributed by atoms with Gasteiger partial charge in [0.05, 0.1) is 22.1 Å². The Labute approximate surface area is 142 Å². The number of rotatable bonds is 4. The number of ether oxygens (including phenoxy) is 1. The molecular formula is C14H15ClN2O5S. The predicted octanol–water partition coefficient (Wildman–Crippen LogP) is 2.37. The van der Waals surface area contributed by atoms with Gasteiger partial charge in [0, 0.05) is 30.2 Å². The maximum Gasteiger partial charge on any atom is 0.329 e. The summed E-state index contributed by atoms with van der Waals surface area (Å²) in [5, 5.41) is 10.7. The molecule has 1 saturated heterocycles. The van der Waals surface area contributed by atoms with Crippen LogP contribution >= 0.6 is 23.4 Å². The molecule has 0 bridgehead atoms. The summed E-state index contributed by atoms with van der Waals surface area (Å²) < 4.78 is 5.01. The Hall–Kier alpha value is -1.80. The highest BCUT2D eigenvalue weighted by Crippen LogP contribution is 2.26. The molecule has 1 heterocycles. The Balaban J connectivity index is 2.26. The molecule has 0 saturated carbocycles. The number of nitro benzene ring substituents is 1. The van der Waals surface area contributed by atoms with E-state index in [9.17, 15) is 19.7 Å². The first-order valence-corrected chi connectivity index (χ1v) is 8.48. The van der Waals surface area contributed by atoms with Gasteiger partial charge in [-0.25, -0.2) is 4.79 Å². The maximum atomic E-state index is 12.7. The maximum absolute atomic E-state index is 12.7. The number of carbonyl (C=O) groups is 2. The number of halogens is 1. The summed E-state index contributed by atoms with van der Waals surface area (Å²) in [6.45, 7) is 2.33. The van der Waals surface area contributed by atoms with E-state index in [0.717, 1.165) is 6.07 Å². The molecule has 1 amide bonds. The minimum atomic E-state index is -0.674. The first-order chi connectivity index (χ1) is 11.0. The second-order valence-corrected chi connectivity index (χ2v) is 6.32. The van der Waals surface area contributed by atoms with Crippen LogP contribution in [0, 0.1) is 10.1 Å². The van der Waals surface area contributed by atoms with Crippen molar-refractivity contribution in [3.8, 4) is 0 Å². The molecule has 1 aliphatic heterocycles. The van der Waals surface area contributed by atoms with Gasteiger partial charge in [-0.3, -0.25) is 14.9 Å². The minimum absolute atomic E-state index is 0.00923. The standard InChI is InChI=1S/C14H15ClN2O5S/c1-2-22-14(19)12-8-23-6-5-16(12)13(18)10-4-3-9(17(20)21)7-11(10)15/h3-4,7,12H,2,5-6,8H2,1H3. The first kappa shape index (κ1) is 17.6. The van der Waals surface area contributed by atoms with E-state index in [1.165, 1.54) is 17.0 Å². The van der Waals surface area contributed by atoms with Gasteiger partial charge in [0.1, 0.15) is 6.04 Å². The van der Waals surface area contributed by atoms with Crippen LogP contribution in [0.3, 0.4) is 0 Å². The van der Waals surface area contributed by atoms with Gasteiger partial charge in [0.2, 0.25) is 0 Å². The van der Waals surface area contributed by atoms with E-state index in [1.54, 1.807) is 18.7 Å². The van der Waals surface area contributed by atoms with Crippen LogP contribution in [0.25, 0.3) is 0 Å². The summed E-state index contributed by atoms with van der Waals surface area (Å²) in [4.78, 5) is 36.3. The molecular weight excluding hydrogens is 344 g/mol. The van der Waals surface area contributed by atoms with Crippen LogP contribution in [0.15, 0.2) is 18.2 Å². The molecule has 1 aromatic carbocycles. The molecule has 0 aromatic heterocycles. The molecule has 7 nitrogen and oxygen atoms in total. The molecule has 23 heavy (non-hydrogen) atoms. The third-order valence-corrected chi connectivity index (χ3v) is 4.68. The largest absolute Gasteiger partial charge is 0.464 e. The molecule has 2 rings (SSSR count). The van der Waals surface area contributed by atoms with Crippen molar-refractivity contribution in [3.63, 3.8) is 0 Å². The normalized spacial score (nSPS) is 17.7. The highest BCUT2D eigenvalue weighted by molar-refractivity contribution is 7.99. The first-order valence-electron chi connectivity index (χ1n) is 6.95. The summed E-state index contributed by atoms with van der Waals surface area (Å²) in [7, 11) is 0. The fraction of sp³-hybridized carbons (Fsp3) is 0.429. The average Bonchev–Trinajstić information content (AvgIpc) is 2.54. The van der Waals surface area contributed by atoms with Crippen LogP contribution in [0.5, 0.6) is 0 Å². The van der Waals surface area contributed by atoms with E-state index in [0.29, 0.717) is 18.1 Å². The van der Waals surface area contributed by atoms with Crippen LogP contribution in [-0.4, -0.2) is 52.4 Å². The van der Waals surface area contributed by atoms with Gasteiger partial charge < -0.3 is 9.64 Å². The Morgan fingerprint density at radius 3 is 2.87 bits per heavy atom. The van der Waals surface area contributed by atoms with Crippen molar-refractivity contribution in [1.29, 1.82) is 0 Å². The smallest absolute Gasteiger partial charge is 0.329 e. The number of carbonyl (C=O) groups excluding carboxylic acids is 2. The summed E-state index contributed by atoms with van der Waals surface area (Å²) in [5.41, 5.74) is -0.0545. The third kappa shape index (κ3) is 3.94. The van der Waals surface area contributed by atoms with E-state index in [2.05, 4.69) is 0 Å². The topological polar surface area (TPSA) is 89.8 Å². The summed E-state index contributed by atoms with van der Waals surface area (Å²) in [6.07, 6.45) is 0. The fourth-order valence-corrected chi connectivity index (χ4v) is 3.51. The number of hydrogen-bond acceptors (Lipinski definition) is 6. The van der Waals surface area contributed by atoms with E-state index < -0.39 is 22.8 Å². The average molecular weight is 359 g/mol. The Kier molecular flexibility index (Phi) is 5.84. The lowest BCUT2D eigenvalue weighted by atomic mass is 10.1. The Morgan fingerprint density at radius 2 is 2.26 bits per heavy atom. The van der Waals surface area contributed by atoms with Gasteiger partial charge >= 0.3 is 5.97 Å². The van der Waals surface area contributed by atoms with Crippen LogP contribution in [0.1, 0.15) is 17.3 Å². The van der Waals surface area contributed by atoms with Crippen molar-refractivity contribution in [1.82, 2.24) is 4.90 Å². The van der Waals surface area contributed by atoms with Crippen molar-refractivity contribution >= 4 is 40.9 Å². The van der Waals surface area contributed by atoms with E-state index in [4.69, 9.17) is 16.3 Å².